The number of hydrogen-bond acceptors (Lipinski definition) is 5. The Hall–Kier alpha value is -5.96. The van der Waals surface area contributed by atoms with Crippen LogP contribution in [0.2, 0.25) is 0 Å². The average Bonchev–Trinajstić information content (AvgIpc) is 3.81. The van der Waals surface area contributed by atoms with Crippen LogP contribution < -0.4 is 0 Å². The third-order valence-electron chi connectivity index (χ3n) is 9.64. The maximum atomic E-state index is 14.5. The van der Waals surface area contributed by atoms with E-state index in [1.54, 1.807) is 12.1 Å². The molecule has 0 saturated heterocycles. The van der Waals surface area contributed by atoms with Gasteiger partial charge >= 0.3 is 6.18 Å². The lowest BCUT2D eigenvalue weighted by molar-refractivity contribution is -0.144. The Kier molecular flexibility index (Phi) is 6.87. The van der Waals surface area contributed by atoms with E-state index in [-0.39, 0.29) is 23.2 Å². The molecule has 0 fully saturated rings. The van der Waals surface area contributed by atoms with E-state index in [4.69, 9.17) is 13.8 Å². The lowest BCUT2D eigenvalue weighted by atomic mass is 9.92. The monoisotopic (exact) mass is 680 g/mol. The fourth-order valence-corrected chi connectivity index (χ4v) is 7.33. The summed E-state index contributed by atoms with van der Waals surface area (Å²) in [5.41, 5.74) is 7.41. The first-order chi connectivity index (χ1) is 24.6. The zero-order valence-corrected chi connectivity index (χ0v) is 28.2. The first-order valence-electron chi connectivity index (χ1n) is 16.9. The summed E-state index contributed by atoms with van der Waals surface area (Å²) in [7, 11) is 0. The highest BCUT2D eigenvalue weighted by Gasteiger charge is 2.37. The fourth-order valence-electron chi connectivity index (χ4n) is 7.33. The summed E-state index contributed by atoms with van der Waals surface area (Å²) in [6.07, 6.45) is -4.83. The van der Waals surface area contributed by atoms with E-state index >= 15 is 0 Å². The highest BCUT2D eigenvalue weighted by atomic mass is 19.4. The van der Waals surface area contributed by atoms with Crippen molar-refractivity contribution in [3.63, 3.8) is 0 Å². The van der Waals surface area contributed by atoms with Crippen LogP contribution in [0.5, 0.6) is 0 Å². The van der Waals surface area contributed by atoms with Crippen molar-refractivity contribution in [3.05, 3.63) is 120 Å². The predicted octanol–water partition coefficient (Wildman–Crippen LogP) is 12.2. The standard InChI is InChI=1S/C42H31F3N4O2/c1-22(2)24-13-9-14-25(23(3)4)36(24)49-32-20-7-6-19-31(32)46-39(49)30-18-11-16-28-34-35(47-41(42(43,44)45)48-40(34)51-38(28)30)29-17-10-15-27-26-12-5-8-21-33(26)50-37(27)29/h5-23H,1-4H3. The van der Waals surface area contributed by atoms with Crippen molar-refractivity contribution in [2.45, 2.75) is 45.7 Å². The summed E-state index contributed by atoms with van der Waals surface area (Å²) in [5.74, 6) is -0.275. The second kappa shape index (κ2) is 11.3. The van der Waals surface area contributed by atoms with Gasteiger partial charge in [0.05, 0.1) is 33.4 Å². The minimum absolute atomic E-state index is 0.0774. The first kappa shape index (κ1) is 31.1. The predicted molar refractivity (Wildman–Crippen MR) is 195 cm³/mol. The maximum absolute atomic E-state index is 14.5. The van der Waals surface area contributed by atoms with Gasteiger partial charge < -0.3 is 8.83 Å². The van der Waals surface area contributed by atoms with E-state index in [9.17, 15) is 13.2 Å². The van der Waals surface area contributed by atoms with Gasteiger partial charge in [-0.2, -0.15) is 18.2 Å². The van der Waals surface area contributed by atoms with Crippen LogP contribution in [0.15, 0.2) is 112 Å². The minimum Gasteiger partial charge on any atom is -0.455 e. The van der Waals surface area contributed by atoms with Crippen molar-refractivity contribution in [1.82, 2.24) is 19.5 Å². The topological polar surface area (TPSA) is 69.9 Å². The quantitative estimate of drug-likeness (QED) is 0.181. The van der Waals surface area contributed by atoms with Crippen LogP contribution in [-0.2, 0) is 6.18 Å². The van der Waals surface area contributed by atoms with Crippen LogP contribution in [0.1, 0.15) is 56.5 Å². The Morgan fingerprint density at radius 3 is 1.98 bits per heavy atom. The number of furan rings is 2. The van der Waals surface area contributed by atoms with Crippen LogP contribution in [0, 0.1) is 0 Å². The zero-order valence-electron chi connectivity index (χ0n) is 28.2. The average molecular weight is 681 g/mol. The summed E-state index contributed by atoms with van der Waals surface area (Å²) < 4.78 is 58.2. The van der Waals surface area contributed by atoms with Gasteiger partial charge in [0.25, 0.3) is 0 Å². The van der Waals surface area contributed by atoms with Crippen LogP contribution in [0.4, 0.5) is 13.2 Å². The number of halogens is 3. The molecule has 9 aromatic rings. The lowest BCUT2D eigenvalue weighted by Gasteiger charge is -2.22. The summed E-state index contributed by atoms with van der Waals surface area (Å²) in [6.45, 7) is 8.68. The van der Waals surface area contributed by atoms with Crippen molar-refractivity contribution in [2.75, 3.05) is 0 Å². The molecule has 9 rings (SSSR count). The Balaban J connectivity index is 1.39. The van der Waals surface area contributed by atoms with Crippen LogP contribution in [0.3, 0.4) is 0 Å². The molecule has 0 radical (unpaired) electrons. The smallest absolute Gasteiger partial charge is 0.451 e. The Morgan fingerprint density at radius 2 is 1.24 bits per heavy atom. The Bertz CT molecular complexity index is 2800. The highest BCUT2D eigenvalue weighted by Crippen LogP contribution is 2.45. The van der Waals surface area contributed by atoms with Gasteiger partial charge in [0.2, 0.25) is 11.5 Å². The second-order valence-electron chi connectivity index (χ2n) is 13.5. The molecular weight excluding hydrogens is 649 g/mol. The van der Waals surface area contributed by atoms with Gasteiger partial charge in [0.1, 0.15) is 22.6 Å². The second-order valence-corrected chi connectivity index (χ2v) is 13.5. The molecule has 252 valence electrons. The molecule has 0 bridgehead atoms. The highest BCUT2D eigenvalue weighted by molar-refractivity contribution is 6.17. The molecule has 5 aromatic carbocycles. The number of imidazole rings is 1. The Morgan fingerprint density at radius 1 is 0.608 bits per heavy atom. The minimum atomic E-state index is -4.83. The molecule has 0 saturated carbocycles. The van der Waals surface area contributed by atoms with Gasteiger partial charge in [0, 0.05) is 21.7 Å². The fraction of sp³-hybridized carbons (Fsp3) is 0.167. The van der Waals surface area contributed by atoms with Crippen LogP contribution >= 0.6 is 0 Å². The van der Waals surface area contributed by atoms with Crippen molar-refractivity contribution in [3.8, 4) is 28.3 Å². The molecule has 51 heavy (non-hydrogen) atoms. The SMILES string of the molecule is CC(C)c1cccc(C(C)C)c1-n1c(-c2cccc3c2oc2nc(C(F)(F)F)nc(-c4cccc5c4oc4ccccc45)c23)nc2ccccc21. The van der Waals surface area contributed by atoms with Gasteiger partial charge in [0.15, 0.2) is 0 Å². The largest absolute Gasteiger partial charge is 0.455 e. The number of para-hydroxylation sites is 6. The molecule has 0 spiro atoms. The molecule has 0 atom stereocenters. The molecule has 6 nitrogen and oxygen atoms in total. The summed E-state index contributed by atoms with van der Waals surface area (Å²) in [5, 5.41) is 2.56. The molecule has 0 N–H and O–H groups in total. The number of nitrogens with zero attached hydrogens (tertiary/aromatic N) is 4. The number of rotatable bonds is 5. The molecular formula is C42H31F3N4O2. The molecule has 0 aliphatic rings. The van der Waals surface area contributed by atoms with Crippen molar-refractivity contribution in [1.29, 1.82) is 0 Å². The Labute approximate surface area is 290 Å². The van der Waals surface area contributed by atoms with Crippen molar-refractivity contribution < 1.29 is 22.0 Å². The van der Waals surface area contributed by atoms with E-state index in [0.717, 1.165) is 38.6 Å². The van der Waals surface area contributed by atoms with Gasteiger partial charge in [-0.25, -0.2) is 9.97 Å². The molecule has 4 aromatic heterocycles. The molecule has 0 aliphatic carbocycles. The number of fused-ring (bicyclic) bond motifs is 7. The van der Waals surface area contributed by atoms with E-state index in [1.807, 2.05) is 72.8 Å². The summed E-state index contributed by atoms with van der Waals surface area (Å²) in [6, 6.07) is 32.9. The summed E-state index contributed by atoms with van der Waals surface area (Å²) >= 11 is 0. The van der Waals surface area contributed by atoms with Gasteiger partial charge in [-0.15, -0.1) is 0 Å². The van der Waals surface area contributed by atoms with Crippen LogP contribution in [-0.4, -0.2) is 19.5 Å². The van der Waals surface area contributed by atoms with Crippen LogP contribution in [0.25, 0.3) is 83.4 Å². The van der Waals surface area contributed by atoms with Gasteiger partial charge in [-0.1, -0.05) is 100 Å². The van der Waals surface area contributed by atoms with Gasteiger partial charge in [-0.3, -0.25) is 4.57 Å². The van der Waals surface area contributed by atoms with E-state index < -0.39 is 12.0 Å². The molecule has 0 amide bonds. The molecule has 0 unspecified atom stereocenters. The number of aromatic nitrogens is 4. The maximum Gasteiger partial charge on any atom is 0.451 e. The van der Waals surface area contributed by atoms with Gasteiger partial charge in [-0.05, 0) is 53.3 Å². The first-order valence-corrected chi connectivity index (χ1v) is 16.9. The van der Waals surface area contributed by atoms with E-state index in [1.165, 1.54) is 0 Å². The van der Waals surface area contributed by atoms with Crippen molar-refractivity contribution in [2.24, 2.45) is 0 Å². The molecule has 4 heterocycles. The summed E-state index contributed by atoms with van der Waals surface area (Å²) in [4.78, 5) is 13.3. The third-order valence-corrected chi connectivity index (χ3v) is 9.64. The zero-order chi connectivity index (χ0) is 35.2. The van der Waals surface area contributed by atoms with E-state index in [0.29, 0.717) is 44.5 Å². The number of hydrogen-bond donors (Lipinski definition) is 0. The number of alkyl halides is 3. The normalized spacial score (nSPS) is 12.6. The molecule has 0 aliphatic heterocycles. The molecule has 9 heteroatoms. The van der Waals surface area contributed by atoms with E-state index in [2.05, 4.69) is 60.4 Å². The van der Waals surface area contributed by atoms with Crippen molar-refractivity contribution >= 4 is 55.0 Å². The lowest BCUT2D eigenvalue weighted by Crippen LogP contribution is -2.11. The number of benzene rings is 5. The third kappa shape index (κ3) is 4.75.